The zero-order valence-electron chi connectivity index (χ0n) is 9.71. The molecule has 1 aliphatic rings. The smallest absolute Gasteiger partial charge is 0.234 e. The molecule has 4 heteroatoms. The predicted molar refractivity (Wildman–Crippen MR) is 59.7 cm³/mol. The minimum Gasteiger partial charge on any atom is -0.381 e. The highest BCUT2D eigenvalue weighted by molar-refractivity contribution is 5.78. The fourth-order valence-electron chi connectivity index (χ4n) is 1.53. The van der Waals surface area contributed by atoms with Crippen molar-refractivity contribution in [1.29, 1.82) is 0 Å². The molecule has 1 fully saturated rings. The van der Waals surface area contributed by atoms with Crippen LogP contribution in [0.15, 0.2) is 0 Å². The van der Waals surface area contributed by atoms with Crippen molar-refractivity contribution < 1.29 is 9.53 Å². The van der Waals surface area contributed by atoms with Gasteiger partial charge in [-0.2, -0.15) is 0 Å². The van der Waals surface area contributed by atoms with E-state index in [1.165, 1.54) is 0 Å². The van der Waals surface area contributed by atoms with E-state index in [9.17, 15) is 4.79 Å². The summed E-state index contributed by atoms with van der Waals surface area (Å²) in [5.74, 6) is 0.0993. The number of ether oxygens (including phenoxy) is 1. The highest BCUT2D eigenvalue weighted by Gasteiger charge is 2.15. The molecule has 1 aliphatic heterocycles. The van der Waals surface area contributed by atoms with Crippen molar-refractivity contribution >= 4 is 5.91 Å². The van der Waals surface area contributed by atoms with Gasteiger partial charge in [-0.25, -0.2) is 0 Å². The van der Waals surface area contributed by atoms with Gasteiger partial charge in [0.15, 0.2) is 0 Å². The summed E-state index contributed by atoms with van der Waals surface area (Å²) in [6, 6.07) is 0.718. The molecular formula is C11H22N2O2. The summed E-state index contributed by atoms with van der Waals surface area (Å²) in [6.45, 7) is 6.15. The molecule has 0 spiro atoms. The SMILES string of the molecule is CCC(C)NCC(=O)NC1CCOCC1. The van der Waals surface area contributed by atoms with Crippen LogP contribution >= 0.6 is 0 Å². The van der Waals surface area contributed by atoms with Gasteiger partial charge < -0.3 is 15.4 Å². The molecule has 1 atom stereocenters. The fourth-order valence-corrected chi connectivity index (χ4v) is 1.53. The van der Waals surface area contributed by atoms with E-state index in [2.05, 4.69) is 24.5 Å². The summed E-state index contributed by atoms with van der Waals surface area (Å²) in [5, 5.41) is 6.20. The van der Waals surface area contributed by atoms with Gasteiger partial charge in [0, 0.05) is 25.3 Å². The summed E-state index contributed by atoms with van der Waals surface area (Å²) >= 11 is 0. The summed E-state index contributed by atoms with van der Waals surface area (Å²) in [4.78, 5) is 11.5. The van der Waals surface area contributed by atoms with E-state index in [0.29, 0.717) is 18.6 Å². The lowest BCUT2D eigenvalue weighted by Gasteiger charge is -2.23. The van der Waals surface area contributed by atoms with Crippen LogP contribution in [-0.4, -0.2) is 37.7 Å². The molecule has 15 heavy (non-hydrogen) atoms. The molecule has 1 rings (SSSR count). The van der Waals surface area contributed by atoms with Crippen LogP contribution in [0.2, 0.25) is 0 Å². The molecule has 0 aliphatic carbocycles. The molecule has 4 nitrogen and oxygen atoms in total. The Hall–Kier alpha value is -0.610. The van der Waals surface area contributed by atoms with E-state index in [4.69, 9.17) is 4.74 Å². The largest absolute Gasteiger partial charge is 0.381 e. The molecule has 88 valence electrons. The highest BCUT2D eigenvalue weighted by atomic mass is 16.5. The van der Waals surface area contributed by atoms with E-state index < -0.39 is 0 Å². The number of carbonyl (C=O) groups excluding carboxylic acids is 1. The molecule has 0 aromatic carbocycles. The lowest BCUT2D eigenvalue weighted by Crippen LogP contribution is -2.44. The summed E-state index contributed by atoms with van der Waals surface area (Å²) in [6.07, 6.45) is 2.93. The van der Waals surface area contributed by atoms with Crippen LogP contribution in [0.3, 0.4) is 0 Å². The quantitative estimate of drug-likeness (QED) is 0.707. The van der Waals surface area contributed by atoms with Gasteiger partial charge in [-0.3, -0.25) is 4.79 Å². The van der Waals surface area contributed by atoms with Gasteiger partial charge in [0.2, 0.25) is 5.91 Å². The monoisotopic (exact) mass is 214 g/mol. The molecule has 0 aromatic heterocycles. The van der Waals surface area contributed by atoms with Crippen molar-refractivity contribution in [3.63, 3.8) is 0 Å². The highest BCUT2D eigenvalue weighted by Crippen LogP contribution is 2.05. The van der Waals surface area contributed by atoms with Gasteiger partial charge >= 0.3 is 0 Å². The lowest BCUT2D eigenvalue weighted by atomic mass is 10.1. The lowest BCUT2D eigenvalue weighted by molar-refractivity contribution is -0.121. The van der Waals surface area contributed by atoms with Crippen LogP contribution in [-0.2, 0) is 9.53 Å². The number of nitrogens with one attached hydrogen (secondary N) is 2. The van der Waals surface area contributed by atoms with E-state index in [1.807, 2.05) is 0 Å². The van der Waals surface area contributed by atoms with Crippen molar-refractivity contribution in [1.82, 2.24) is 10.6 Å². The van der Waals surface area contributed by atoms with Crippen LogP contribution in [0, 0.1) is 0 Å². The number of hydrogen-bond donors (Lipinski definition) is 2. The zero-order valence-corrected chi connectivity index (χ0v) is 9.71. The second kappa shape index (κ2) is 6.80. The standard InChI is InChI=1S/C11H22N2O2/c1-3-9(2)12-8-11(14)13-10-4-6-15-7-5-10/h9-10,12H,3-8H2,1-2H3,(H,13,14). The van der Waals surface area contributed by atoms with Crippen LogP contribution in [0.1, 0.15) is 33.1 Å². The van der Waals surface area contributed by atoms with E-state index >= 15 is 0 Å². The van der Waals surface area contributed by atoms with Gasteiger partial charge in [-0.1, -0.05) is 6.92 Å². The van der Waals surface area contributed by atoms with Gasteiger partial charge in [0.1, 0.15) is 0 Å². The van der Waals surface area contributed by atoms with Gasteiger partial charge in [-0.05, 0) is 26.2 Å². The molecular weight excluding hydrogens is 192 g/mol. The first-order valence-electron chi connectivity index (χ1n) is 5.83. The third kappa shape index (κ3) is 5.14. The number of hydrogen-bond acceptors (Lipinski definition) is 3. The van der Waals surface area contributed by atoms with E-state index in [0.717, 1.165) is 32.5 Å². The Balaban J connectivity index is 2.11. The maximum absolute atomic E-state index is 11.5. The minimum atomic E-state index is 0.0993. The van der Waals surface area contributed by atoms with Gasteiger partial charge in [0.05, 0.1) is 6.54 Å². The average molecular weight is 214 g/mol. The van der Waals surface area contributed by atoms with Crippen LogP contribution in [0.5, 0.6) is 0 Å². The summed E-state index contributed by atoms with van der Waals surface area (Å²) in [7, 11) is 0. The first kappa shape index (κ1) is 12.5. The van der Waals surface area contributed by atoms with Gasteiger partial charge in [-0.15, -0.1) is 0 Å². The van der Waals surface area contributed by atoms with Crippen molar-refractivity contribution in [3.05, 3.63) is 0 Å². The van der Waals surface area contributed by atoms with Crippen molar-refractivity contribution in [2.45, 2.75) is 45.2 Å². The summed E-state index contributed by atoms with van der Waals surface area (Å²) < 4.78 is 5.23. The second-order valence-corrected chi connectivity index (χ2v) is 4.14. The maximum Gasteiger partial charge on any atom is 0.234 e. The van der Waals surface area contributed by atoms with Crippen LogP contribution < -0.4 is 10.6 Å². The van der Waals surface area contributed by atoms with Crippen molar-refractivity contribution in [3.8, 4) is 0 Å². The third-order valence-electron chi connectivity index (χ3n) is 2.81. The Morgan fingerprint density at radius 3 is 2.73 bits per heavy atom. The summed E-state index contributed by atoms with van der Waals surface area (Å²) in [5.41, 5.74) is 0. The Morgan fingerprint density at radius 1 is 1.47 bits per heavy atom. The zero-order chi connectivity index (χ0) is 11.1. The number of amides is 1. The Labute approximate surface area is 91.8 Å². The van der Waals surface area contributed by atoms with Crippen molar-refractivity contribution in [2.75, 3.05) is 19.8 Å². The average Bonchev–Trinajstić information content (AvgIpc) is 2.27. The Morgan fingerprint density at radius 2 is 2.13 bits per heavy atom. The number of carbonyl (C=O) groups is 1. The molecule has 1 unspecified atom stereocenters. The first-order chi connectivity index (χ1) is 7.22. The maximum atomic E-state index is 11.5. The molecule has 1 saturated heterocycles. The third-order valence-corrected chi connectivity index (χ3v) is 2.81. The Kier molecular flexibility index (Phi) is 5.65. The molecule has 1 heterocycles. The molecule has 1 amide bonds. The van der Waals surface area contributed by atoms with Crippen molar-refractivity contribution in [2.24, 2.45) is 0 Å². The fraction of sp³-hybridized carbons (Fsp3) is 0.909. The molecule has 0 aromatic rings. The molecule has 0 saturated carbocycles. The van der Waals surface area contributed by atoms with Crippen LogP contribution in [0.4, 0.5) is 0 Å². The van der Waals surface area contributed by atoms with E-state index in [-0.39, 0.29) is 5.91 Å². The molecule has 0 bridgehead atoms. The second-order valence-electron chi connectivity index (χ2n) is 4.14. The predicted octanol–water partition coefficient (Wildman–Crippen LogP) is 0.670. The minimum absolute atomic E-state index is 0.0993. The molecule has 2 N–H and O–H groups in total. The van der Waals surface area contributed by atoms with E-state index in [1.54, 1.807) is 0 Å². The first-order valence-corrected chi connectivity index (χ1v) is 5.83. The normalized spacial score (nSPS) is 19.9. The van der Waals surface area contributed by atoms with Crippen LogP contribution in [0.25, 0.3) is 0 Å². The molecule has 0 radical (unpaired) electrons. The van der Waals surface area contributed by atoms with Gasteiger partial charge in [0.25, 0.3) is 0 Å². The number of rotatable bonds is 5. The Bertz CT molecular complexity index is 191. The topological polar surface area (TPSA) is 50.4 Å².